The minimum atomic E-state index is -0.156. The summed E-state index contributed by atoms with van der Waals surface area (Å²) >= 11 is 1.42. The average molecular weight is 659 g/mol. The van der Waals surface area contributed by atoms with Crippen molar-refractivity contribution < 1.29 is 34.1 Å². The number of phenols is 2. The molecule has 0 saturated carbocycles. The van der Waals surface area contributed by atoms with E-state index in [-0.39, 0.29) is 22.3 Å². The minimum absolute atomic E-state index is 0.156. The molecule has 3 nitrogen and oxygen atoms in total. The van der Waals surface area contributed by atoms with Gasteiger partial charge in [0.05, 0.1) is 11.5 Å². The van der Waals surface area contributed by atoms with Crippen LogP contribution in [0, 0.1) is 10.3 Å². The van der Waals surface area contributed by atoms with Crippen molar-refractivity contribution in [3.8, 4) is 38.0 Å². The first-order chi connectivity index (χ1) is 16.8. The van der Waals surface area contributed by atoms with Crippen molar-refractivity contribution in [3.63, 3.8) is 0 Å². The van der Waals surface area contributed by atoms with E-state index < -0.39 is 0 Å². The van der Waals surface area contributed by atoms with Gasteiger partial charge in [0, 0.05) is 13.2 Å². The number of benzene rings is 3. The Kier molecular flexibility index (Phi) is 12.7. The molecule has 0 fully saturated rings. The molecular weight excluding hydrogens is 616 g/mol. The molecule has 4 heteroatoms. The summed E-state index contributed by atoms with van der Waals surface area (Å²) in [6, 6.07) is 20.9. The van der Waals surface area contributed by atoms with E-state index in [1.54, 1.807) is 0 Å². The predicted octanol–water partition coefficient (Wildman–Crippen LogP) is 8.38. The van der Waals surface area contributed by atoms with Gasteiger partial charge in [-0.2, -0.15) is 0 Å². The predicted molar refractivity (Wildman–Crippen MR) is 149 cm³/mol. The van der Waals surface area contributed by atoms with Crippen molar-refractivity contribution in [3.05, 3.63) is 71.8 Å². The first kappa shape index (κ1) is 31.7. The summed E-state index contributed by atoms with van der Waals surface area (Å²) in [5, 5.41) is 21.8. The van der Waals surface area contributed by atoms with Gasteiger partial charge in [-0.1, -0.05) is 77.9 Å². The monoisotopic (exact) mass is 658 g/mol. The molecule has 3 rings (SSSR count). The number of ether oxygens (including phenoxy) is 1. The molecule has 2 N–H and O–H groups in total. The topological polar surface area (TPSA) is 49.7 Å². The van der Waals surface area contributed by atoms with Crippen LogP contribution in [-0.2, 0) is 34.7 Å². The van der Waals surface area contributed by atoms with Crippen LogP contribution in [0.4, 0.5) is 0 Å². The van der Waals surface area contributed by atoms with E-state index in [9.17, 15) is 10.2 Å². The van der Waals surface area contributed by atoms with Gasteiger partial charge in [-0.3, -0.25) is 0 Å². The molecule has 0 atom stereocenters. The standard InChI is InChI=1S/C26H29O2.C4H10O.C2H3.W/c1-25(2,3)21-14-8-12-19(23(21)27)17-10-7-11-18(16-17)20-13-9-15-22(24(20)28)26(4,5)6;1-3-5-4-2;1-2;/h7-15,27-28H,1-6H3;3-4H2,1-2H3;1H3;/q-1;;;+1. The number of hydrogen-bond acceptors (Lipinski definition) is 3. The molecule has 194 valence electrons. The molecular formula is C32H42O3W. The molecule has 0 heterocycles. The zero-order chi connectivity index (χ0) is 27.5. The van der Waals surface area contributed by atoms with Crippen LogP contribution in [0.5, 0.6) is 11.5 Å². The summed E-state index contributed by atoms with van der Waals surface area (Å²) in [6.07, 6.45) is 0. The van der Waals surface area contributed by atoms with Crippen molar-refractivity contribution in [1.29, 1.82) is 0 Å². The van der Waals surface area contributed by atoms with Crippen molar-refractivity contribution in [2.24, 2.45) is 0 Å². The van der Waals surface area contributed by atoms with Gasteiger partial charge in [0.15, 0.2) is 0 Å². The second kappa shape index (κ2) is 14.4. The van der Waals surface area contributed by atoms with Crippen LogP contribution in [0.25, 0.3) is 22.3 Å². The third-order valence-corrected chi connectivity index (χ3v) is 5.47. The second-order valence-electron chi connectivity index (χ2n) is 10.4. The second-order valence-corrected chi connectivity index (χ2v) is 11.8. The van der Waals surface area contributed by atoms with Crippen molar-refractivity contribution in [1.82, 2.24) is 0 Å². The van der Waals surface area contributed by atoms with Gasteiger partial charge in [0.25, 0.3) is 0 Å². The molecule has 0 aliphatic carbocycles. The Labute approximate surface area is 229 Å². The van der Waals surface area contributed by atoms with Gasteiger partial charge in [-0.05, 0) is 46.9 Å². The van der Waals surface area contributed by atoms with Gasteiger partial charge in [0.1, 0.15) is 0 Å². The van der Waals surface area contributed by atoms with Crippen molar-refractivity contribution in [2.75, 3.05) is 13.2 Å². The van der Waals surface area contributed by atoms with Gasteiger partial charge in [0.2, 0.25) is 0 Å². The molecule has 0 aromatic heterocycles. The molecule has 0 amide bonds. The van der Waals surface area contributed by atoms with Crippen LogP contribution in [0.3, 0.4) is 0 Å². The van der Waals surface area contributed by atoms with Crippen LogP contribution in [0.2, 0.25) is 0 Å². The quantitative estimate of drug-likeness (QED) is 0.277. The molecule has 3 aromatic rings. The summed E-state index contributed by atoms with van der Waals surface area (Å²) < 4.78 is 7.67. The zero-order valence-corrected chi connectivity index (χ0v) is 26.3. The number of rotatable bonds is 4. The van der Waals surface area contributed by atoms with Crippen molar-refractivity contribution >= 4 is 0 Å². The molecule has 3 aromatic carbocycles. The molecule has 0 bridgehead atoms. The summed E-state index contributed by atoms with van der Waals surface area (Å²) in [7, 11) is 0. The fourth-order valence-corrected chi connectivity index (χ4v) is 3.72. The molecule has 0 aliphatic heterocycles. The van der Waals surface area contributed by atoms with E-state index in [1.165, 1.54) is 19.2 Å². The van der Waals surface area contributed by atoms with E-state index in [4.69, 9.17) is 4.74 Å². The van der Waals surface area contributed by atoms with E-state index in [0.29, 0.717) is 0 Å². The summed E-state index contributed by atoms with van der Waals surface area (Å²) in [6.45, 7) is 20.1. The molecule has 36 heavy (non-hydrogen) atoms. The van der Waals surface area contributed by atoms with Gasteiger partial charge in [-0.25, -0.2) is 0 Å². The Morgan fingerprint density at radius 2 is 1.06 bits per heavy atom. The Morgan fingerprint density at radius 3 is 1.33 bits per heavy atom. The van der Waals surface area contributed by atoms with Crippen LogP contribution in [0.15, 0.2) is 54.6 Å². The van der Waals surface area contributed by atoms with E-state index in [1.807, 2.05) is 75.4 Å². The first-order valence-electron chi connectivity index (χ1n) is 12.4. The third kappa shape index (κ3) is 8.97. The molecule has 0 unspecified atom stereocenters. The SMILES string of the molecule is CC(C)(C)c1cccc(-c2[c-]c(-c3cccc(C(C)(C)C)c3O)ccc2)c1O.CCOCC.C[C]#[W+]. The summed E-state index contributed by atoms with van der Waals surface area (Å²) in [4.78, 5) is 0. The number of para-hydroxylation sites is 2. The fraction of sp³-hybridized carbons (Fsp3) is 0.406. The van der Waals surface area contributed by atoms with E-state index >= 15 is 0 Å². The van der Waals surface area contributed by atoms with Gasteiger partial charge in [-0.15, -0.1) is 35.4 Å². The summed E-state index contributed by atoms with van der Waals surface area (Å²) in [5.41, 5.74) is 4.61. The van der Waals surface area contributed by atoms with Crippen LogP contribution in [-0.4, -0.2) is 23.4 Å². The number of phenolic OH excluding ortho intramolecular Hbond substituents is 2. The van der Waals surface area contributed by atoms with E-state index in [2.05, 4.69) is 51.8 Å². The Hall–Kier alpha value is -2.31. The molecule has 0 radical (unpaired) electrons. The maximum absolute atomic E-state index is 10.9. The molecule has 0 spiro atoms. The van der Waals surface area contributed by atoms with Gasteiger partial charge >= 0.3 is 30.3 Å². The number of aromatic hydroxyl groups is 2. The van der Waals surface area contributed by atoms with Crippen LogP contribution in [0.1, 0.15) is 73.4 Å². The summed E-state index contributed by atoms with van der Waals surface area (Å²) in [5.74, 6) is 0.576. The maximum atomic E-state index is 10.9. The Balaban J connectivity index is 0.000000709. The molecule has 0 aliphatic rings. The van der Waals surface area contributed by atoms with Crippen LogP contribution >= 0.6 is 0 Å². The zero-order valence-electron chi connectivity index (χ0n) is 23.3. The van der Waals surface area contributed by atoms with E-state index in [0.717, 1.165) is 46.6 Å². The Morgan fingerprint density at radius 1 is 0.722 bits per heavy atom. The normalized spacial score (nSPS) is 10.9. The average Bonchev–Trinajstić information content (AvgIpc) is 2.79. The third-order valence-electron chi connectivity index (χ3n) is 5.47. The molecule has 0 saturated heterocycles. The van der Waals surface area contributed by atoms with Crippen molar-refractivity contribution in [2.45, 2.75) is 73.1 Å². The Bertz CT molecular complexity index is 1060. The number of hydrogen-bond donors (Lipinski definition) is 2. The first-order valence-corrected chi connectivity index (χ1v) is 13.8. The van der Waals surface area contributed by atoms with Gasteiger partial charge < -0.3 is 14.9 Å². The fourth-order valence-electron chi connectivity index (χ4n) is 3.72. The van der Waals surface area contributed by atoms with Crippen LogP contribution < -0.4 is 0 Å².